The van der Waals surface area contributed by atoms with E-state index in [0.717, 1.165) is 0 Å². The molecular formula is C3H4O2. The molecule has 2 nitrogen and oxygen atoms in total. The molecule has 0 bridgehead atoms. The van der Waals surface area contributed by atoms with Crippen LogP contribution in [0.25, 0.3) is 0 Å². The van der Waals surface area contributed by atoms with Gasteiger partial charge in [0.1, 0.15) is 0 Å². The predicted molar refractivity (Wildman–Crippen MR) is 17.1 cm³/mol. The number of rotatable bonds is 0. The number of aliphatic hydroxyl groups is 2. The lowest BCUT2D eigenvalue weighted by atomic mass is 10.7. The minimum atomic E-state index is -1.59. The summed E-state index contributed by atoms with van der Waals surface area (Å²) in [5.41, 5.74) is 0. The van der Waals surface area contributed by atoms with Crippen LogP contribution in [0.15, 0.2) is 0 Å². The molecule has 5 heavy (non-hydrogen) atoms. The van der Waals surface area contributed by atoms with Gasteiger partial charge >= 0.3 is 0 Å². The van der Waals surface area contributed by atoms with Gasteiger partial charge in [0, 0.05) is 0 Å². The maximum Gasteiger partial charge on any atom is 0.217 e. The SMILES string of the molecule is C#CC(O)O. The van der Waals surface area contributed by atoms with Crippen molar-refractivity contribution >= 4 is 0 Å². The van der Waals surface area contributed by atoms with Crippen molar-refractivity contribution in [1.82, 2.24) is 0 Å². The fraction of sp³-hybridized carbons (Fsp3) is 0.333. The third-order valence-corrected chi connectivity index (χ3v) is 0.149. The molecule has 28 valence electrons. The summed E-state index contributed by atoms with van der Waals surface area (Å²) in [6.45, 7) is 0. The molecule has 0 aromatic rings. The van der Waals surface area contributed by atoms with Gasteiger partial charge in [0.05, 0.1) is 0 Å². The van der Waals surface area contributed by atoms with E-state index < -0.39 is 6.29 Å². The summed E-state index contributed by atoms with van der Waals surface area (Å²) in [6.07, 6.45) is 2.83. The van der Waals surface area contributed by atoms with Gasteiger partial charge in [-0.1, -0.05) is 0 Å². The highest BCUT2D eigenvalue weighted by molar-refractivity contribution is 4.85. The quantitative estimate of drug-likeness (QED) is 0.282. The molecule has 0 radical (unpaired) electrons. The summed E-state index contributed by atoms with van der Waals surface area (Å²) in [7, 11) is 0. The van der Waals surface area contributed by atoms with Crippen LogP contribution in [0.4, 0.5) is 0 Å². The molecule has 0 atom stereocenters. The highest BCUT2D eigenvalue weighted by atomic mass is 16.5. The van der Waals surface area contributed by atoms with Gasteiger partial charge in [-0.05, 0) is 5.92 Å². The van der Waals surface area contributed by atoms with E-state index in [1.165, 1.54) is 0 Å². The Morgan fingerprint density at radius 2 is 1.80 bits per heavy atom. The number of hydrogen-bond donors (Lipinski definition) is 2. The fourth-order valence-corrected chi connectivity index (χ4v) is 0. The summed E-state index contributed by atoms with van der Waals surface area (Å²) < 4.78 is 0. The van der Waals surface area contributed by atoms with Crippen LogP contribution in [0.1, 0.15) is 0 Å². The van der Waals surface area contributed by atoms with Crippen molar-refractivity contribution in [2.24, 2.45) is 0 Å². The zero-order valence-electron chi connectivity index (χ0n) is 2.55. The summed E-state index contributed by atoms with van der Waals surface area (Å²) in [5.74, 6) is 1.64. The second-order valence-corrected chi connectivity index (χ2v) is 0.540. The smallest absolute Gasteiger partial charge is 0.217 e. The molecule has 0 fully saturated rings. The lowest BCUT2D eigenvalue weighted by Gasteiger charge is -1.80. The van der Waals surface area contributed by atoms with Crippen molar-refractivity contribution in [3.05, 3.63) is 0 Å². The van der Waals surface area contributed by atoms with Crippen molar-refractivity contribution < 1.29 is 10.2 Å². The topological polar surface area (TPSA) is 40.5 Å². The summed E-state index contributed by atoms with van der Waals surface area (Å²) in [6, 6.07) is 0. The summed E-state index contributed by atoms with van der Waals surface area (Å²) in [4.78, 5) is 0. The molecule has 0 saturated carbocycles. The molecule has 2 N–H and O–H groups in total. The summed E-state index contributed by atoms with van der Waals surface area (Å²) in [5, 5.41) is 15.4. The Hall–Kier alpha value is -0.520. The zero-order valence-corrected chi connectivity index (χ0v) is 2.55. The Labute approximate surface area is 30.1 Å². The second-order valence-electron chi connectivity index (χ2n) is 0.540. The molecule has 0 amide bonds. The molecule has 0 heterocycles. The first-order valence-electron chi connectivity index (χ1n) is 1.09. The molecule has 0 rings (SSSR count). The molecule has 0 aromatic carbocycles. The third-order valence-electron chi connectivity index (χ3n) is 0.149. The zero-order chi connectivity index (χ0) is 4.28. The van der Waals surface area contributed by atoms with Crippen LogP contribution in [-0.2, 0) is 0 Å². The first kappa shape index (κ1) is 4.48. The van der Waals surface area contributed by atoms with Crippen molar-refractivity contribution in [2.75, 3.05) is 0 Å². The largest absolute Gasteiger partial charge is 0.358 e. The molecule has 0 aliphatic carbocycles. The van der Waals surface area contributed by atoms with Crippen LogP contribution in [0.5, 0.6) is 0 Å². The van der Waals surface area contributed by atoms with Crippen LogP contribution >= 0.6 is 0 Å². The Kier molecular flexibility index (Phi) is 1.58. The third kappa shape index (κ3) is 3.48. The monoisotopic (exact) mass is 72.0 g/mol. The van der Waals surface area contributed by atoms with Crippen LogP contribution in [0.2, 0.25) is 0 Å². The average Bonchev–Trinajstić information content (AvgIpc) is 1.38. The standard InChI is InChI=1S/C3H4O2/c1-2-3(4)5/h1,3-5H. The first-order chi connectivity index (χ1) is 2.27. The number of aliphatic hydroxyl groups excluding tert-OH is 1. The number of terminal acetylenes is 1. The van der Waals surface area contributed by atoms with E-state index in [9.17, 15) is 0 Å². The van der Waals surface area contributed by atoms with Gasteiger partial charge in [0.2, 0.25) is 6.29 Å². The molecular weight excluding hydrogens is 68.0 g/mol. The van der Waals surface area contributed by atoms with E-state index in [0.29, 0.717) is 0 Å². The van der Waals surface area contributed by atoms with Gasteiger partial charge in [-0.25, -0.2) is 0 Å². The van der Waals surface area contributed by atoms with Gasteiger partial charge in [0.25, 0.3) is 0 Å². The Bertz CT molecular complexity index is 50.4. The number of hydrogen-bond acceptors (Lipinski definition) is 2. The predicted octanol–water partition coefficient (Wildman–Crippen LogP) is -1.07. The van der Waals surface area contributed by atoms with E-state index in [-0.39, 0.29) is 0 Å². The van der Waals surface area contributed by atoms with Gasteiger partial charge in [-0.15, -0.1) is 6.42 Å². The molecule has 0 aliphatic rings. The summed E-state index contributed by atoms with van der Waals surface area (Å²) >= 11 is 0. The lowest BCUT2D eigenvalue weighted by molar-refractivity contribution is 0.0109. The maximum absolute atomic E-state index is 7.68. The minimum absolute atomic E-state index is 1.59. The van der Waals surface area contributed by atoms with Crippen molar-refractivity contribution in [2.45, 2.75) is 6.29 Å². The van der Waals surface area contributed by atoms with Crippen molar-refractivity contribution in [1.29, 1.82) is 0 Å². The average molecular weight is 72.1 g/mol. The van der Waals surface area contributed by atoms with Crippen LogP contribution in [0, 0.1) is 12.3 Å². The first-order valence-corrected chi connectivity index (χ1v) is 1.09. The maximum atomic E-state index is 7.68. The van der Waals surface area contributed by atoms with E-state index >= 15 is 0 Å². The van der Waals surface area contributed by atoms with E-state index in [4.69, 9.17) is 10.2 Å². The lowest BCUT2D eigenvalue weighted by Crippen LogP contribution is -1.96. The van der Waals surface area contributed by atoms with Crippen molar-refractivity contribution in [3.63, 3.8) is 0 Å². The highest BCUT2D eigenvalue weighted by Crippen LogP contribution is 1.59. The minimum Gasteiger partial charge on any atom is -0.358 e. The Balaban J connectivity index is 2.94. The van der Waals surface area contributed by atoms with Gasteiger partial charge in [-0.2, -0.15) is 0 Å². The fourth-order valence-electron chi connectivity index (χ4n) is 0. The van der Waals surface area contributed by atoms with E-state index in [1.807, 2.05) is 0 Å². The Morgan fingerprint density at radius 1 is 1.60 bits per heavy atom. The molecule has 0 unspecified atom stereocenters. The van der Waals surface area contributed by atoms with Gasteiger partial charge < -0.3 is 10.2 Å². The molecule has 0 aromatic heterocycles. The second kappa shape index (κ2) is 1.77. The van der Waals surface area contributed by atoms with Gasteiger partial charge in [-0.3, -0.25) is 0 Å². The van der Waals surface area contributed by atoms with Crippen LogP contribution in [-0.4, -0.2) is 16.5 Å². The molecule has 2 heteroatoms. The Morgan fingerprint density at radius 3 is 1.80 bits per heavy atom. The van der Waals surface area contributed by atoms with Crippen LogP contribution < -0.4 is 0 Å². The normalized spacial score (nSPS) is 7.60. The van der Waals surface area contributed by atoms with Crippen LogP contribution in [0.3, 0.4) is 0 Å². The van der Waals surface area contributed by atoms with E-state index in [1.54, 1.807) is 5.92 Å². The van der Waals surface area contributed by atoms with E-state index in [2.05, 4.69) is 6.42 Å². The molecule has 0 spiro atoms. The molecule has 0 aliphatic heterocycles. The molecule has 0 saturated heterocycles. The van der Waals surface area contributed by atoms with Crippen molar-refractivity contribution in [3.8, 4) is 12.3 Å². The highest BCUT2D eigenvalue weighted by Gasteiger charge is 1.77. The van der Waals surface area contributed by atoms with Gasteiger partial charge in [0.15, 0.2) is 0 Å².